The standard InChI is InChI=1S/C21H30IN3O7.2C20H28IN3O7.3CH4/c22-15-6-4-14(5-7-15)13-23-10-2-1-3-16(11-19(28)29)24-21(32)25-17(12-20(30)31)8-9-18(26)27;21-14-6-4-13(5-7-14)12-22-10-2-1-3-16(19(29)30)24-20(31)23-15(11-18(27)28)8-9-17(25)26;21-14-6-4-13(5-7-14)12-22-10-2-1-3-15(11-18(27)28)23-20(31)24-16(19(29)30)8-9-17(25)26;;;/h4-7,16-17,23H,1-3,8-13H2,(H,26,27)(H,28,29)(H,30,31)(H2,24,25,32);2*4-7,15-16,22H,1-3,8-12H2,(H,25,26)(H,27,28)(H,29,30)(H2,23,24,31);3*1H4/t16-,17-;2*15-,16-;;;/m000.../s1. The van der Waals surface area contributed by atoms with E-state index in [4.69, 9.17) is 40.9 Å². The number of hydrogen-bond acceptors (Lipinski definition) is 15. The third-order valence-corrected chi connectivity index (χ3v) is 15.6. The van der Waals surface area contributed by atoms with Gasteiger partial charge in [-0.3, -0.25) is 33.6 Å². The van der Waals surface area contributed by atoms with Gasteiger partial charge in [-0.2, -0.15) is 0 Å². The largest absolute Gasteiger partial charge is 0.481 e. The van der Waals surface area contributed by atoms with Crippen LogP contribution in [0.25, 0.3) is 0 Å². The Bertz CT molecular complexity index is 2840. The second-order valence-electron chi connectivity index (χ2n) is 21.5. The summed E-state index contributed by atoms with van der Waals surface area (Å²) in [7, 11) is 0. The van der Waals surface area contributed by atoms with Gasteiger partial charge in [0.2, 0.25) is 0 Å². The number of carboxylic acid groups (broad SMARTS) is 9. The van der Waals surface area contributed by atoms with Crippen LogP contribution in [-0.2, 0) is 62.8 Å². The van der Waals surface area contributed by atoms with Crippen LogP contribution in [0.3, 0.4) is 0 Å². The number of urea groups is 3. The number of halogens is 3. The van der Waals surface area contributed by atoms with Crippen molar-refractivity contribution in [3.8, 4) is 0 Å². The molecule has 97 heavy (non-hydrogen) atoms. The van der Waals surface area contributed by atoms with Crippen molar-refractivity contribution in [1.29, 1.82) is 0 Å². The number of carbonyl (C=O) groups excluding carboxylic acids is 3. The van der Waals surface area contributed by atoms with Crippen molar-refractivity contribution in [1.82, 2.24) is 47.9 Å². The summed E-state index contributed by atoms with van der Waals surface area (Å²) in [6.07, 6.45) is 2.48. The summed E-state index contributed by atoms with van der Waals surface area (Å²) in [5.74, 6) is -10.4. The highest BCUT2D eigenvalue weighted by atomic mass is 127. The molecule has 33 heteroatoms. The molecule has 0 saturated heterocycles. The Labute approximate surface area is 606 Å². The molecule has 3 aromatic rings. The molecule has 0 heterocycles. The first-order chi connectivity index (χ1) is 44.5. The molecule has 0 aliphatic rings. The lowest BCUT2D eigenvalue weighted by Crippen LogP contribution is -2.49. The SMILES string of the molecule is C.C.C.O=C(O)CC[C@@H](CC(=O)O)NC(=O)N[C@@H](CCCCNCc1ccc(I)cc1)C(=O)O.O=C(O)CC[C@@H](CC(=O)O)NC(=O)N[C@@H](CCCCNCc1ccc(I)cc1)CC(=O)O.O=C(O)CC[C@H](NC(=O)N[C@@H](CCCCNCc1ccc(I)cc1)CC(=O)O)C(=O)O. The summed E-state index contributed by atoms with van der Waals surface area (Å²) in [4.78, 5) is 135. The van der Waals surface area contributed by atoms with Gasteiger partial charge in [0, 0.05) is 73.8 Å². The molecule has 6 amide bonds. The zero-order valence-electron chi connectivity index (χ0n) is 51.6. The normalized spacial score (nSPS) is 12.2. The van der Waals surface area contributed by atoms with Crippen molar-refractivity contribution >= 4 is 140 Å². The van der Waals surface area contributed by atoms with Gasteiger partial charge < -0.3 is 93.8 Å². The number of aliphatic carboxylic acids is 9. The number of rotatable bonds is 46. The van der Waals surface area contributed by atoms with Gasteiger partial charge in [0.1, 0.15) is 12.1 Å². The number of amides is 6. The van der Waals surface area contributed by atoms with E-state index in [0.717, 1.165) is 54.6 Å². The molecule has 0 saturated carbocycles. The zero-order chi connectivity index (χ0) is 70.4. The number of nitrogens with one attached hydrogen (secondary N) is 9. The third kappa shape index (κ3) is 52.6. The highest BCUT2D eigenvalue weighted by Gasteiger charge is 2.26. The molecule has 0 bridgehead atoms. The Kier molecular flexibility index (Phi) is 54.0. The fourth-order valence-corrected chi connectivity index (χ4v) is 9.77. The Balaban J connectivity index is -0.00000135. The molecule has 3 aromatic carbocycles. The first kappa shape index (κ1) is 94.0. The van der Waals surface area contributed by atoms with Crippen LogP contribution in [0.2, 0.25) is 0 Å². The summed E-state index contributed by atoms with van der Waals surface area (Å²) in [5, 5.41) is 105. The molecule has 18 N–H and O–H groups in total. The molecule has 6 atom stereocenters. The second-order valence-corrected chi connectivity index (χ2v) is 25.2. The number of benzene rings is 3. The topological polar surface area (TPSA) is 495 Å². The van der Waals surface area contributed by atoms with Gasteiger partial charge in [-0.1, -0.05) is 71.5 Å². The maximum Gasteiger partial charge on any atom is 0.326 e. The smallest absolute Gasteiger partial charge is 0.326 e. The monoisotopic (exact) mass is 1710 g/mol. The van der Waals surface area contributed by atoms with E-state index in [1.807, 2.05) is 72.8 Å². The van der Waals surface area contributed by atoms with Gasteiger partial charge >= 0.3 is 71.8 Å². The fraction of sp³-hybridized carbons (Fsp3) is 0.531. The van der Waals surface area contributed by atoms with E-state index in [0.29, 0.717) is 45.2 Å². The summed E-state index contributed by atoms with van der Waals surface area (Å²) < 4.78 is 3.50. The van der Waals surface area contributed by atoms with E-state index in [-0.39, 0.29) is 73.6 Å². The van der Waals surface area contributed by atoms with Crippen molar-refractivity contribution < 1.29 is 103 Å². The van der Waals surface area contributed by atoms with Gasteiger partial charge in [0.25, 0.3) is 0 Å². The molecule has 3 rings (SSSR count). The van der Waals surface area contributed by atoms with E-state index < -0.39 is 127 Å². The lowest BCUT2D eigenvalue weighted by Gasteiger charge is -2.21. The van der Waals surface area contributed by atoms with E-state index in [1.54, 1.807) is 0 Å². The summed E-state index contributed by atoms with van der Waals surface area (Å²) >= 11 is 6.72. The lowest BCUT2D eigenvalue weighted by atomic mass is 10.1. The molecule has 0 fully saturated rings. The van der Waals surface area contributed by atoms with Crippen molar-refractivity contribution in [2.45, 2.75) is 200 Å². The molecule has 546 valence electrons. The van der Waals surface area contributed by atoms with Crippen molar-refractivity contribution in [2.75, 3.05) is 19.6 Å². The van der Waals surface area contributed by atoms with E-state index in [1.165, 1.54) is 18.3 Å². The summed E-state index contributed by atoms with van der Waals surface area (Å²) in [6.45, 7) is 4.34. The fourth-order valence-electron chi connectivity index (χ4n) is 8.69. The minimum atomic E-state index is -1.37. The molecule has 0 aliphatic heterocycles. The second kappa shape index (κ2) is 55.7. The Morgan fingerprint density at radius 3 is 0.794 bits per heavy atom. The maximum absolute atomic E-state index is 12.2. The average molecular weight is 1710 g/mol. The quantitative estimate of drug-likeness (QED) is 0.0186. The maximum atomic E-state index is 12.2. The average Bonchev–Trinajstić information content (AvgIpc) is 1.63. The zero-order valence-corrected chi connectivity index (χ0v) is 58.1. The molecule has 0 spiro atoms. The third-order valence-electron chi connectivity index (χ3n) is 13.4. The number of unbranched alkanes of at least 4 members (excludes halogenated alkanes) is 3. The Morgan fingerprint density at radius 1 is 0.299 bits per heavy atom. The van der Waals surface area contributed by atoms with Crippen LogP contribution in [0.4, 0.5) is 14.4 Å². The van der Waals surface area contributed by atoms with Crippen molar-refractivity contribution in [3.63, 3.8) is 0 Å². The first-order valence-electron chi connectivity index (χ1n) is 30.0. The highest BCUT2D eigenvalue weighted by Crippen LogP contribution is 2.13. The van der Waals surface area contributed by atoms with Crippen LogP contribution in [0.15, 0.2) is 72.8 Å². The molecular weight excluding hydrogens is 1610 g/mol. The first-order valence-corrected chi connectivity index (χ1v) is 33.3. The number of carbonyl (C=O) groups is 12. The molecule has 0 radical (unpaired) electrons. The minimum absolute atomic E-state index is 0. The lowest BCUT2D eigenvalue weighted by molar-refractivity contribution is -0.141. The van der Waals surface area contributed by atoms with Gasteiger partial charge in [0.05, 0.1) is 25.7 Å². The minimum Gasteiger partial charge on any atom is -0.481 e. The van der Waals surface area contributed by atoms with Gasteiger partial charge in [-0.15, -0.1) is 0 Å². The van der Waals surface area contributed by atoms with E-state index >= 15 is 0 Å². The molecule has 30 nitrogen and oxygen atoms in total. The summed E-state index contributed by atoms with van der Waals surface area (Å²) in [5.41, 5.74) is 3.49. The Hall–Kier alpha value is -7.23. The summed E-state index contributed by atoms with van der Waals surface area (Å²) in [6, 6.07) is 16.5. The number of carboxylic acids is 9. The van der Waals surface area contributed by atoms with Gasteiger partial charge in [0.15, 0.2) is 0 Å². The van der Waals surface area contributed by atoms with Crippen LogP contribution in [0.5, 0.6) is 0 Å². The van der Waals surface area contributed by atoms with Crippen LogP contribution in [0.1, 0.15) is 161 Å². The highest BCUT2D eigenvalue weighted by molar-refractivity contribution is 14.1. The number of hydrogen-bond donors (Lipinski definition) is 18. The van der Waals surface area contributed by atoms with Crippen LogP contribution >= 0.6 is 67.8 Å². The van der Waals surface area contributed by atoms with Crippen LogP contribution in [-0.4, -0.2) is 174 Å². The van der Waals surface area contributed by atoms with Crippen molar-refractivity contribution in [3.05, 3.63) is 100 Å². The molecule has 0 aromatic heterocycles. The predicted molar refractivity (Wildman–Crippen MR) is 387 cm³/mol. The van der Waals surface area contributed by atoms with Crippen LogP contribution < -0.4 is 47.9 Å². The van der Waals surface area contributed by atoms with Gasteiger partial charge in [-0.25, -0.2) is 24.0 Å². The van der Waals surface area contributed by atoms with Crippen molar-refractivity contribution in [2.24, 2.45) is 0 Å². The van der Waals surface area contributed by atoms with Crippen LogP contribution in [0, 0.1) is 10.7 Å². The Morgan fingerprint density at radius 2 is 0.536 bits per heavy atom. The molecule has 0 aliphatic carbocycles. The molecular formula is C64H98I3N9O21. The van der Waals surface area contributed by atoms with E-state index in [2.05, 4.69) is 116 Å². The molecule has 0 unspecified atom stereocenters. The van der Waals surface area contributed by atoms with Gasteiger partial charge in [-0.05, 0) is 205 Å². The van der Waals surface area contributed by atoms with E-state index in [9.17, 15) is 62.6 Å². The predicted octanol–water partition coefficient (Wildman–Crippen LogP) is 8.33.